The standard InChI is InChI=1S/C21H24N2O/c24-21(23-14-15-9-11-22-12-10-15)18-7-8-20-17(13-18)6-5-16-3-1-2-4-19(16)20/h5-6,9-12,18H,1-4,7-8,13-14H2,(H,23,24). The molecular formula is C21H24N2O. The first-order chi connectivity index (χ1) is 11.8. The fourth-order valence-corrected chi connectivity index (χ4v) is 4.20. The van der Waals surface area contributed by atoms with Crippen LogP contribution in [0.1, 0.15) is 47.1 Å². The van der Waals surface area contributed by atoms with E-state index in [2.05, 4.69) is 22.4 Å². The third-order valence-corrected chi connectivity index (χ3v) is 5.54. The lowest BCUT2D eigenvalue weighted by atomic mass is 9.77. The summed E-state index contributed by atoms with van der Waals surface area (Å²) in [5, 5.41) is 3.10. The van der Waals surface area contributed by atoms with E-state index < -0.39 is 0 Å². The van der Waals surface area contributed by atoms with Gasteiger partial charge in [-0.15, -0.1) is 0 Å². The fourth-order valence-electron chi connectivity index (χ4n) is 4.20. The van der Waals surface area contributed by atoms with Crippen LogP contribution in [0.25, 0.3) is 0 Å². The van der Waals surface area contributed by atoms with Crippen molar-refractivity contribution in [3.8, 4) is 0 Å². The number of nitrogens with zero attached hydrogens (tertiary/aromatic N) is 1. The van der Waals surface area contributed by atoms with Crippen molar-refractivity contribution in [2.24, 2.45) is 5.92 Å². The van der Waals surface area contributed by atoms with E-state index in [0.29, 0.717) is 6.54 Å². The minimum atomic E-state index is 0.112. The third kappa shape index (κ3) is 3.08. The van der Waals surface area contributed by atoms with Crippen molar-refractivity contribution in [3.05, 3.63) is 64.5 Å². The Labute approximate surface area is 143 Å². The lowest BCUT2D eigenvalue weighted by Gasteiger charge is -2.29. The van der Waals surface area contributed by atoms with Crippen LogP contribution in [0.4, 0.5) is 0 Å². The molecule has 2 aliphatic rings. The molecule has 2 aromatic rings. The van der Waals surface area contributed by atoms with Gasteiger partial charge in [0.2, 0.25) is 5.91 Å². The van der Waals surface area contributed by atoms with Gasteiger partial charge < -0.3 is 5.32 Å². The average molecular weight is 320 g/mol. The van der Waals surface area contributed by atoms with Gasteiger partial charge in [0.25, 0.3) is 0 Å². The minimum Gasteiger partial charge on any atom is -0.352 e. The Kier molecular flexibility index (Phi) is 4.33. The predicted octanol–water partition coefficient (Wildman–Crippen LogP) is 3.38. The van der Waals surface area contributed by atoms with Crippen molar-refractivity contribution in [1.82, 2.24) is 10.3 Å². The maximum atomic E-state index is 12.5. The highest BCUT2D eigenvalue weighted by atomic mass is 16.1. The number of carbonyl (C=O) groups is 1. The highest BCUT2D eigenvalue weighted by Gasteiger charge is 2.27. The van der Waals surface area contributed by atoms with Gasteiger partial charge in [-0.25, -0.2) is 0 Å². The normalized spacial score (nSPS) is 19.2. The Bertz CT molecular complexity index is 739. The molecule has 124 valence electrons. The third-order valence-electron chi connectivity index (χ3n) is 5.54. The van der Waals surface area contributed by atoms with Crippen molar-refractivity contribution >= 4 is 5.91 Å². The molecule has 4 rings (SSSR count). The second-order valence-electron chi connectivity index (χ2n) is 7.06. The molecule has 0 radical (unpaired) electrons. The van der Waals surface area contributed by atoms with Crippen LogP contribution in [0.5, 0.6) is 0 Å². The molecule has 0 fully saturated rings. The van der Waals surface area contributed by atoms with E-state index in [0.717, 1.165) is 24.8 Å². The lowest BCUT2D eigenvalue weighted by Crippen LogP contribution is -2.34. The second kappa shape index (κ2) is 6.76. The lowest BCUT2D eigenvalue weighted by molar-refractivity contribution is -0.125. The van der Waals surface area contributed by atoms with E-state index in [4.69, 9.17) is 0 Å². The Balaban J connectivity index is 1.43. The Hall–Kier alpha value is -2.16. The predicted molar refractivity (Wildman–Crippen MR) is 94.7 cm³/mol. The van der Waals surface area contributed by atoms with Crippen molar-refractivity contribution in [2.45, 2.75) is 51.5 Å². The molecule has 0 saturated heterocycles. The number of rotatable bonds is 3. The van der Waals surface area contributed by atoms with Gasteiger partial charge in [-0.3, -0.25) is 9.78 Å². The first-order valence-electron chi connectivity index (χ1n) is 9.10. The molecule has 1 unspecified atom stereocenters. The highest BCUT2D eigenvalue weighted by molar-refractivity contribution is 5.79. The Morgan fingerprint density at radius 3 is 2.62 bits per heavy atom. The smallest absolute Gasteiger partial charge is 0.223 e. The molecule has 1 aromatic carbocycles. The first-order valence-corrected chi connectivity index (χ1v) is 9.10. The van der Waals surface area contributed by atoms with E-state index in [-0.39, 0.29) is 11.8 Å². The summed E-state index contributed by atoms with van der Waals surface area (Å²) in [5.74, 6) is 0.302. The molecule has 1 amide bonds. The molecular weight excluding hydrogens is 296 g/mol. The molecule has 0 aliphatic heterocycles. The molecule has 0 bridgehead atoms. The molecule has 24 heavy (non-hydrogen) atoms. The van der Waals surface area contributed by atoms with Gasteiger partial charge in [-0.05, 0) is 84.9 Å². The van der Waals surface area contributed by atoms with Crippen LogP contribution in [0.2, 0.25) is 0 Å². The zero-order valence-electron chi connectivity index (χ0n) is 14.1. The molecule has 1 N–H and O–H groups in total. The number of aryl methyl sites for hydroxylation is 1. The topological polar surface area (TPSA) is 42.0 Å². The van der Waals surface area contributed by atoms with Crippen molar-refractivity contribution < 1.29 is 4.79 Å². The molecule has 3 heteroatoms. The summed E-state index contributed by atoms with van der Waals surface area (Å²) in [7, 11) is 0. The maximum Gasteiger partial charge on any atom is 0.223 e. The molecule has 0 spiro atoms. The summed E-state index contributed by atoms with van der Waals surface area (Å²) in [5.41, 5.74) is 7.23. The van der Waals surface area contributed by atoms with E-state index in [1.807, 2.05) is 12.1 Å². The Morgan fingerprint density at radius 2 is 1.75 bits per heavy atom. The zero-order valence-corrected chi connectivity index (χ0v) is 14.1. The first kappa shape index (κ1) is 15.4. The van der Waals surface area contributed by atoms with Gasteiger partial charge in [0.1, 0.15) is 0 Å². The maximum absolute atomic E-state index is 12.5. The van der Waals surface area contributed by atoms with Crippen LogP contribution < -0.4 is 5.32 Å². The van der Waals surface area contributed by atoms with Gasteiger partial charge in [0.05, 0.1) is 0 Å². The number of benzene rings is 1. The number of aromatic nitrogens is 1. The largest absolute Gasteiger partial charge is 0.352 e. The van der Waals surface area contributed by atoms with Crippen molar-refractivity contribution in [2.75, 3.05) is 0 Å². The number of fused-ring (bicyclic) bond motifs is 3. The SMILES string of the molecule is O=C(NCc1ccncc1)C1CCc2c(ccc3c2CCCC3)C1. The highest BCUT2D eigenvalue weighted by Crippen LogP contribution is 2.33. The fraction of sp³-hybridized carbons (Fsp3) is 0.429. The molecule has 1 aromatic heterocycles. The van der Waals surface area contributed by atoms with E-state index in [1.165, 1.54) is 31.2 Å². The summed E-state index contributed by atoms with van der Waals surface area (Å²) >= 11 is 0. The molecule has 0 saturated carbocycles. The van der Waals surface area contributed by atoms with Crippen LogP contribution in [-0.4, -0.2) is 10.9 Å². The van der Waals surface area contributed by atoms with Crippen LogP contribution in [-0.2, 0) is 37.0 Å². The number of nitrogens with one attached hydrogen (secondary N) is 1. The monoisotopic (exact) mass is 320 g/mol. The minimum absolute atomic E-state index is 0.112. The molecule has 3 nitrogen and oxygen atoms in total. The number of pyridine rings is 1. The van der Waals surface area contributed by atoms with Crippen molar-refractivity contribution in [3.63, 3.8) is 0 Å². The van der Waals surface area contributed by atoms with Gasteiger partial charge in [0, 0.05) is 24.9 Å². The summed E-state index contributed by atoms with van der Waals surface area (Å²) in [6.45, 7) is 0.592. The van der Waals surface area contributed by atoms with Crippen LogP contribution in [0.15, 0.2) is 36.7 Å². The van der Waals surface area contributed by atoms with Crippen LogP contribution >= 0.6 is 0 Å². The number of carbonyl (C=O) groups excluding carboxylic acids is 1. The zero-order chi connectivity index (χ0) is 16.4. The van der Waals surface area contributed by atoms with Gasteiger partial charge in [0.15, 0.2) is 0 Å². The summed E-state index contributed by atoms with van der Waals surface area (Å²) in [6.07, 6.45) is 11.6. The van der Waals surface area contributed by atoms with E-state index >= 15 is 0 Å². The Morgan fingerprint density at radius 1 is 1.00 bits per heavy atom. The molecule has 2 aliphatic carbocycles. The van der Waals surface area contributed by atoms with Gasteiger partial charge in [-0.2, -0.15) is 0 Å². The molecule has 1 heterocycles. The van der Waals surface area contributed by atoms with Crippen molar-refractivity contribution in [1.29, 1.82) is 0 Å². The quantitative estimate of drug-likeness (QED) is 0.942. The second-order valence-corrected chi connectivity index (χ2v) is 7.06. The summed E-state index contributed by atoms with van der Waals surface area (Å²) in [6, 6.07) is 8.48. The van der Waals surface area contributed by atoms with Gasteiger partial charge >= 0.3 is 0 Å². The summed E-state index contributed by atoms with van der Waals surface area (Å²) in [4.78, 5) is 16.6. The van der Waals surface area contributed by atoms with Gasteiger partial charge in [-0.1, -0.05) is 12.1 Å². The van der Waals surface area contributed by atoms with Crippen LogP contribution in [0, 0.1) is 5.92 Å². The number of hydrogen-bond donors (Lipinski definition) is 1. The number of hydrogen-bond acceptors (Lipinski definition) is 2. The average Bonchev–Trinajstić information content (AvgIpc) is 2.66. The van der Waals surface area contributed by atoms with Crippen LogP contribution in [0.3, 0.4) is 0 Å². The van der Waals surface area contributed by atoms with E-state index in [1.54, 1.807) is 29.1 Å². The molecule has 1 atom stereocenters. The number of amides is 1. The summed E-state index contributed by atoms with van der Waals surface area (Å²) < 4.78 is 0. The van der Waals surface area contributed by atoms with E-state index in [9.17, 15) is 4.79 Å².